The lowest BCUT2D eigenvalue weighted by molar-refractivity contribution is 1.28. The summed E-state index contributed by atoms with van der Waals surface area (Å²) in [4.78, 5) is 4.69. The molecule has 0 saturated heterocycles. The zero-order chi connectivity index (χ0) is 38.4. The molecule has 0 saturated carbocycles. The Labute approximate surface area is 336 Å². The van der Waals surface area contributed by atoms with Gasteiger partial charge in [0.25, 0.3) is 0 Å². The Kier molecular flexibility index (Phi) is 9.99. The lowest BCUT2D eigenvalue weighted by Gasteiger charge is -2.28. The fourth-order valence-corrected chi connectivity index (χ4v) is 7.69. The van der Waals surface area contributed by atoms with Crippen LogP contribution in [-0.2, 0) is 0 Å². The highest BCUT2D eigenvalue weighted by Crippen LogP contribution is 2.43. The summed E-state index contributed by atoms with van der Waals surface area (Å²) < 4.78 is 0. The van der Waals surface area contributed by atoms with Crippen LogP contribution >= 0.6 is 0 Å². The molecule has 0 bridgehead atoms. The smallest absolute Gasteiger partial charge is 0.0540 e. The van der Waals surface area contributed by atoms with Gasteiger partial charge in [-0.1, -0.05) is 164 Å². The van der Waals surface area contributed by atoms with E-state index < -0.39 is 0 Å². The maximum absolute atomic E-state index is 2.35. The molecule has 0 spiro atoms. The van der Waals surface area contributed by atoms with E-state index in [2.05, 4.69) is 253 Å². The number of nitrogens with zero attached hydrogens (tertiary/aromatic N) is 2. The molecule has 0 aliphatic carbocycles. The maximum atomic E-state index is 2.35. The van der Waals surface area contributed by atoms with Gasteiger partial charge in [-0.3, -0.25) is 0 Å². The van der Waals surface area contributed by atoms with Gasteiger partial charge in [-0.2, -0.15) is 0 Å². The van der Waals surface area contributed by atoms with Crippen LogP contribution in [0.4, 0.5) is 34.1 Å². The maximum Gasteiger partial charge on any atom is 0.0540 e. The molecule has 0 aliphatic heterocycles. The zero-order valence-corrected chi connectivity index (χ0v) is 31.9. The summed E-state index contributed by atoms with van der Waals surface area (Å²) in [6.45, 7) is 2.21. The van der Waals surface area contributed by atoms with Crippen LogP contribution in [0.25, 0.3) is 44.5 Å². The van der Waals surface area contributed by atoms with E-state index in [-0.39, 0.29) is 0 Å². The van der Waals surface area contributed by atoms with Crippen molar-refractivity contribution < 1.29 is 0 Å². The summed E-state index contributed by atoms with van der Waals surface area (Å²) in [5.41, 5.74) is 17.5. The van der Waals surface area contributed by atoms with Gasteiger partial charge in [0.2, 0.25) is 0 Å². The van der Waals surface area contributed by atoms with E-state index in [0.717, 1.165) is 34.1 Å². The molecule has 0 aromatic heterocycles. The van der Waals surface area contributed by atoms with E-state index in [1.165, 1.54) is 50.1 Å². The van der Waals surface area contributed by atoms with E-state index in [9.17, 15) is 0 Å². The zero-order valence-electron chi connectivity index (χ0n) is 31.9. The lowest BCUT2D eigenvalue weighted by Crippen LogP contribution is -2.11. The van der Waals surface area contributed by atoms with E-state index in [1.807, 2.05) is 0 Å². The predicted octanol–water partition coefficient (Wildman–Crippen LogP) is 15.6. The molecule has 9 aromatic rings. The largest absolute Gasteiger partial charge is 0.311 e. The van der Waals surface area contributed by atoms with E-state index >= 15 is 0 Å². The fourth-order valence-electron chi connectivity index (χ4n) is 7.69. The second kappa shape index (κ2) is 16.1. The van der Waals surface area contributed by atoms with Crippen LogP contribution < -0.4 is 9.80 Å². The third kappa shape index (κ3) is 7.50. The SMILES string of the molecule is Cc1ccc(-c2ccc(N(c3ccc(-c4ccccc4)cc3)c3ccc(-c4ccccc4)cc3)cc2)cc1-c1ccccc1N(c1ccccc1)c1ccccc1. The summed E-state index contributed by atoms with van der Waals surface area (Å²) in [7, 11) is 0. The second-order valence-corrected chi connectivity index (χ2v) is 14.3. The van der Waals surface area contributed by atoms with Crippen LogP contribution in [0, 0.1) is 6.92 Å². The molecule has 272 valence electrons. The Hall–Kier alpha value is -7.42. The van der Waals surface area contributed by atoms with Crippen molar-refractivity contribution in [3.8, 4) is 44.5 Å². The normalized spacial score (nSPS) is 10.9. The average Bonchev–Trinajstić information content (AvgIpc) is 3.29. The van der Waals surface area contributed by atoms with Crippen molar-refractivity contribution in [1.82, 2.24) is 0 Å². The van der Waals surface area contributed by atoms with Gasteiger partial charge in [0.15, 0.2) is 0 Å². The minimum absolute atomic E-state index is 1.10. The van der Waals surface area contributed by atoms with E-state index in [0.29, 0.717) is 0 Å². The predicted molar refractivity (Wildman–Crippen MR) is 242 cm³/mol. The molecule has 0 fully saturated rings. The number of aryl methyl sites for hydroxylation is 1. The van der Waals surface area contributed by atoms with Gasteiger partial charge in [-0.25, -0.2) is 0 Å². The Bertz CT molecular complexity index is 2570. The summed E-state index contributed by atoms with van der Waals surface area (Å²) in [6, 6.07) is 84.7. The van der Waals surface area contributed by atoms with Crippen molar-refractivity contribution in [2.24, 2.45) is 0 Å². The third-order valence-electron chi connectivity index (χ3n) is 10.6. The highest BCUT2D eigenvalue weighted by atomic mass is 15.1. The van der Waals surface area contributed by atoms with Crippen LogP contribution in [0.15, 0.2) is 237 Å². The van der Waals surface area contributed by atoms with Gasteiger partial charge < -0.3 is 9.80 Å². The first-order chi connectivity index (χ1) is 28.2. The number of anilines is 6. The van der Waals surface area contributed by atoms with Crippen LogP contribution in [0.3, 0.4) is 0 Å². The molecule has 2 heteroatoms. The van der Waals surface area contributed by atoms with Crippen molar-refractivity contribution in [3.63, 3.8) is 0 Å². The monoisotopic (exact) mass is 730 g/mol. The Morgan fingerprint density at radius 3 is 1.04 bits per heavy atom. The number of hydrogen-bond acceptors (Lipinski definition) is 2. The molecule has 0 aliphatic rings. The van der Waals surface area contributed by atoms with Gasteiger partial charge in [-0.15, -0.1) is 0 Å². The van der Waals surface area contributed by atoms with Crippen molar-refractivity contribution in [3.05, 3.63) is 242 Å². The quantitative estimate of drug-likeness (QED) is 0.138. The standard InChI is InChI=1S/C55H42N2/c1-41-26-27-47(40-54(41)53-24-14-15-25-55(53)57(48-20-10-4-11-21-48)49-22-12-5-13-23-49)46-32-38-52(39-33-46)56(50-34-28-44(29-35-50)42-16-6-2-7-17-42)51-36-30-45(31-37-51)43-18-8-3-9-19-43/h2-40H,1H3. The van der Waals surface area contributed by atoms with Gasteiger partial charge in [-0.05, 0) is 124 Å². The van der Waals surface area contributed by atoms with Crippen molar-refractivity contribution in [2.75, 3.05) is 9.80 Å². The molecule has 57 heavy (non-hydrogen) atoms. The molecule has 9 aromatic carbocycles. The van der Waals surface area contributed by atoms with Gasteiger partial charge in [0.05, 0.1) is 5.69 Å². The third-order valence-corrected chi connectivity index (χ3v) is 10.6. The van der Waals surface area contributed by atoms with Crippen LogP contribution in [0.2, 0.25) is 0 Å². The highest BCUT2D eigenvalue weighted by molar-refractivity contribution is 5.90. The topological polar surface area (TPSA) is 6.48 Å². The highest BCUT2D eigenvalue weighted by Gasteiger charge is 2.19. The molecule has 0 radical (unpaired) electrons. The van der Waals surface area contributed by atoms with Crippen LogP contribution in [0.5, 0.6) is 0 Å². The average molecular weight is 731 g/mol. The molecule has 0 N–H and O–H groups in total. The minimum atomic E-state index is 1.10. The van der Waals surface area contributed by atoms with Crippen molar-refractivity contribution >= 4 is 34.1 Å². The van der Waals surface area contributed by atoms with Gasteiger partial charge in [0.1, 0.15) is 0 Å². The first-order valence-electron chi connectivity index (χ1n) is 19.5. The molecule has 9 rings (SSSR count). The van der Waals surface area contributed by atoms with Gasteiger partial charge >= 0.3 is 0 Å². The molecule has 2 nitrogen and oxygen atoms in total. The number of para-hydroxylation sites is 3. The van der Waals surface area contributed by atoms with E-state index in [1.54, 1.807) is 0 Å². The fraction of sp³-hybridized carbons (Fsp3) is 0.0182. The first kappa shape index (κ1) is 35.3. The summed E-state index contributed by atoms with van der Waals surface area (Å²) in [6.07, 6.45) is 0. The summed E-state index contributed by atoms with van der Waals surface area (Å²) in [5.74, 6) is 0. The van der Waals surface area contributed by atoms with Crippen molar-refractivity contribution in [2.45, 2.75) is 6.92 Å². The Balaban J connectivity index is 1.08. The molecule has 0 unspecified atom stereocenters. The minimum Gasteiger partial charge on any atom is -0.311 e. The Morgan fingerprint density at radius 2 is 0.579 bits per heavy atom. The van der Waals surface area contributed by atoms with Crippen LogP contribution in [0.1, 0.15) is 5.56 Å². The first-order valence-corrected chi connectivity index (χ1v) is 19.5. The van der Waals surface area contributed by atoms with Crippen molar-refractivity contribution in [1.29, 1.82) is 0 Å². The summed E-state index contributed by atoms with van der Waals surface area (Å²) >= 11 is 0. The lowest BCUT2D eigenvalue weighted by atomic mass is 9.93. The number of benzene rings is 9. The molecular formula is C55H42N2. The molecular weight excluding hydrogens is 689 g/mol. The van der Waals surface area contributed by atoms with E-state index in [4.69, 9.17) is 0 Å². The molecule has 0 amide bonds. The van der Waals surface area contributed by atoms with Gasteiger partial charge in [0, 0.05) is 34.0 Å². The Morgan fingerprint density at radius 1 is 0.246 bits per heavy atom. The second-order valence-electron chi connectivity index (χ2n) is 14.3. The summed E-state index contributed by atoms with van der Waals surface area (Å²) in [5, 5.41) is 0. The molecule has 0 atom stereocenters. The number of hydrogen-bond donors (Lipinski definition) is 0. The molecule has 0 heterocycles. The number of rotatable bonds is 10. The van der Waals surface area contributed by atoms with Crippen LogP contribution in [-0.4, -0.2) is 0 Å².